The number of alkyl halides is 2. The van der Waals surface area contributed by atoms with Crippen molar-refractivity contribution in [1.82, 2.24) is 10.3 Å². The SMILES string of the molecule is O=C(/C=C/c1cccnc1)NCCc1ccc(OC(F)F)cc1. The van der Waals surface area contributed by atoms with Gasteiger partial charge in [-0.1, -0.05) is 18.2 Å². The topological polar surface area (TPSA) is 51.2 Å². The van der Waals surface area contributed by atoms with Gasteiger partial charge in [-0.3, -0.25) is 9.78 Å². The fourth-order valence-electron chi connectivity index (χ4n) is 1.87. The minimum absolute atomic E-state index is 0.118. The van der Waals surface area contributed by atoms with E-state index in [1.165, 1.54) is 18.2 Å². The average Bonchev–Trinajstić information content (AvgIpc) is 2.55. The molecule has 0 saturated heterocycles. The lowest BCUT2D eigenvalue weighted by Crippen LogP contribution is -2.23. The number of nitrogens with zero attached hydrogens (tertiary/aromatic N) is 1. The zero-order valence-electron chi connectivity index (χ0n) is 12.3. The van der Waals surface area contributed by atoms with Gasteiger partial charge >= 0.3 is 6.61 Å². The van der Waals surface area contributed by atoms with E-state index in [0.717, 1.165) is 11.1 Å². The van der Waals surface area contributed by atoms with Gasteiger partial charge in [-0.25, -0.2) is 0 Å². The highest BCUT2D eigenvalue weighted by Gasteiger charge is 2.03. The summed E-state index contributed by atoms with van der Waals surface area (Å²) < 4.78 is 28.3. The molecule has 6 heteroatoms. The van der Waals surface area contributed by atoms with E-state index >= 15 is 0 Å². The molecule has 1 amide bonds. The second kappa shape index (κ2) is 8.63. The molecular weight excluding hydrogens is 302 g/mol. The highest BCUT2D eigenvalue weighted by atomic mass is 19.3. The summed E-state index contributed by atoms with van der Waals surface area (Å²) in [4.78, 5) is 15.6. The number of pyridine rings is 1. The summed E-state index contributed by atoms with van der Waals surface area (Å²) in [6, 6.07) is 9.97. The fourth-order valence-corrected chi connectivity index (χ4v) is 1.87. The first-order valence-electron chi connectivity index (χ1n) is 7.03. The van der Waals surface area contributed by atoms with E-state index in [4.69, 9.17) is 0 Å². The molecule has 1 aromatic carbocycles. The highest BCUT2D eigenvalue weighted by Crippen LogP contribution is 2.14. The van der Waals surface area contributed by atoms with Crippen molar-refractivity contribution in [1.29, 1.82) is 0 Å². The second-order valence-electron chi connectivity index (χ2n) is 4.68. The van der Waals surface area contributed by atoms with Crippen molar-refractivity contribution in [3.8, 4) is 5.75 Å². The number of benzene rings is 1. The number of carbonyl (C=O) groups is 1. The summed E-state index contributed by atoms with van der Waals surface area (Å²) in [5.74, 6) is -0.0845. The Balaban J connectivity index is 1.74. The molecule has 0 aliphatic carbocycles. The summed E-state index contributed by atoms with van der Waals surface area (Å²) >= 11 is 0. The molecule has 4 nitrogen and oxygen atoms in total. The van der Waals surface area contributed by atoms with Crippen LogP contribution in [0, 0.1) is 0 Å². The summed E-state index contributed by atoms with van der Waals surface area (Å²) in [6.45, 7) is -2.38. The zero-order valence-corrected chi connectivity index (χ0v) is 12.3. The van der Waals surface area contributed by atoms with E-state index in [-0.39, 0.29) is 11.7 Å². The van der Waals surface area contributed by atoms with Crippen LogP contribution in [-0.4, -0.2) is 24.0 Å². The van der Waals surface area contributed by atoms with Crippen LogP contribution in [0.25, 0.3) is 6.08 Å². The van der Waals surface area contributed by atoms with Gasteiger partial charge in [0.15, 0.2) is 0 Å². The Morgan fingerprint density at radius 2 is 2.04 bits per heavy atom. The monoisotopic (exact) mass is 318 g/mol. The minimum atomic E-state index is -2.83. The van der Waals surface area contributed by atoms with Crippen LogP contribution in [0.3, 0.4) is 0 Å². The molecule has 23 heavy (non-hydrogen) atoms. The molecule has 2 aromatic rings. The summed E-state index contributed by atoms with van der Waals surface area (Å²) in [7, 11) is 0. The van der Waals surface area contributed by atoms with Gasteiger partial charge in [0.1, 0.15) is 5.75 Å². The molecule has 0 aliphatic rings. The highest BCUT2D eigenvalue weighted by molar-refractivity contribution is 5.91. The number of halogens is 2. The van der Waals surface area contributed by atoms with E-state index in [2.05, 4.69) is 15.0 Å². The smallest absolute Gasteiger partial charge is 0.387 e. The first-order valence-corrected chi connectivity index (χ1v) is 7.03. The van der Waals surface area contributed by atoms with Gasteiger partial charge in [0.05, 0.1) is 0 Å². The van der Waals surface area contributed by atoms with Crippen LogP contribution in [-0.2, 0) is 11.2 Å². The van der Waals surface area contributed by atoms with E-state index < -0.39 is 6.61 Å². The van der Waals surface area contributed by atoms with Gasteiger partial charge in [-0.2, -0.15) is 8.78 Å². The third-order valence-corrected chi connectivity index (χ3v) is 2.97. The molecule has 0 fully saturated rings. The lowest BCUT2D eigenvalue weighted by Gasteiger charge is -2.06. The van der Waals surface area contributed by atoms with E-state index in [1.54, 1.807) is 36.7 Å². The van der Waals surface area contributed by atoms with Crippen molar-refractivity contribution >= 4 is 12.0 Å². The number of ether oxygens (including phenoxy) is 1. The standard InChI is InChI=1S/C17H16F2N2O2/c18-17(19)23-15-6-3-13(4-7-15)9-11-21-16(22)8-5-14-2-1-10-20-12-14/h1-8,10,12,17H,9,11H2,(H,21,22)/b8-5+. The number of hydrogen-bond acceptors (Lipinski definition) is 3. The van der Waals surface area contributed by atoms with Gasteiger partial charge < -0.3 is 10.1 Å². The molecule has 0 saturated carbocycles. The van der Waals surface area contributed by atoms with E-state index in [0.29, 0.717) is 13.0 Å². The molecule has 2 rings (SSSR count). The van der Waals surface area contributed by atoms with Crippen molar-refractivity contribution in [2.24, 2.45) is 0 Å². The van der Waals surface area contributed by atoms with Gasteiger partial charge in [0, 0.05) is 25.0 Å². The van der Waals surface area contributed by atoms with E-state index in [9.17, 15) is 13.6 Å². The van der Waals surface area contributed by atoms with Gasteiger partial charge in [-0.05, 0) is 41.8 Å². The number of hydrogen-bond donors (Lipinski definition) is 1. The first kappa shape index (κ1) is 16.6. The molecule has 0 unspecified atom stereocenters. The molecular formula is C17H16F2N2O2. The van der Waals surface area contributed by atoms with Crippen LogP contribution in [0.2, 0.25) is 0 Å². The Morgan fingerprint density at radius 1 is 1.26 bits per heavy atom. The Kier molecular flexibility index (Phi) is 6.23. The maximum atomic E-state index is 12.0. The van der Waals surface area contributed by atoms with Crippen molar-refractivity contribution in [2.75, 3.05) is 6.54 Å². The fraction of sp³-hybridized carbons (Fsp3) is 0.176. The lowest BCUT2D eigenvalue weighted by molar-refractivity contribution is -0.116. The molecule has 1 heterocycles. The molecule has 0 radical (unpaired) electrons. The lowest BCUT2D eigenvalue weighted by atomic mass is 10.1. The van der Waals surface area contributed by atoms with Gasteiger partial charge in [-0.15, -0.1) is 0 Å². The Labute approximate surface area is 132 Å². The second-order valence-corrected chi connectivity index (χ2v) is 4.68. The van der Waals surface area contributed by atoms with Crippen LogP contribution in [0.5, 0.6) is 5.75 Å². The number of rotatable bonds is 7. The molecule has 120 valence electrons. The van der Waals surface area contributed by atoms with Crippen molar-refractivity contribution < 1.29 is 18.3 Å². The third-order valence-electron chi connectivity index (χ3n) is 2.97. The predicted molar refractivity (Wildman–Crippen MR) is 83.1 cm³/mol. The average molecular weight is 318 g/mol. The first-order chi connectivity index (χ1) is 11.1. The Morgan fingerprint density at radius 3 is 2.70 bits per heavy atom. The maximum Gasteiger partial charge on any atom is 0.387 e. The molecule has 0 aliphatic heterocycles. The number of carbonyl (C=O) groups excluding carboxylic acids is 1. The van der Waals surface area contributed by atoms with Gasteiger partial charge in [0.25, 0.3) is 0 Å². The Bertz CT molecular complexity index is 643. The quantitative estimate of drug-likeness (QED) is 0.798. The van der Waals surface area contributed by atoms with Crippen LogP contribution in [0.15, 0.2) is 54.9 Å². The van der Waals surface area contributed by atoms with Crippen LogP contribution in [0.1, 0.15) is 11.1 Å². The van der Waals surface area contributed by atoms with Crippen molar-refractivity contribution in [3.05, 3.63) is 66.0 Å². The largest absolute Gasteiger partial charge is 0.435 e. The molecule has 1 aromatic heterocycles. The third kappa shape index (κ3) is 6.25. The predicted octanol–water partition coefficient (Wildman–Crippen LogP) is 3.06. The zero-order chi connectivity index (χ0) is 16.5. The maximum absolute atomic E-state index is 12.0. The van der Waals surface area contributed by atoms with E-state index in [1.807, 2.05) is 6.07 Å². The summed E-state index contributed by atoms with van der Waals surface area (Å²) in [6.07, 6.45) is 7.04. The minimum Gasteiger partial charge on any atom is -0.435 e. The summed E-state index contributed by atoms with van der Waals surface area (Å²) in [5, 5.41) is 2.75. The molecule has 0 atom stereocenters. The van der Waals surface area contributed by atoms with Crippen molar-refractivity contribution in [3.63, 3.8) is 0 Å². The molecule has 0 spiro atoms. The van der Waals surface area contributed by atoms with Gasteiger partial charge in [0.2, 0.25) is 5.91 Å². The Hall–Kier alpha value is -2.76. The number of nitrogens with one attached hydrogen (secondary N) is 1. The molecule has 0 bridgehead atoms. The summed E-state index contributed by atoms with van der Waals surface area (Å²) in [5.41, 5.74) is 1.76. The number of aromatic nitrogens is 1. The van der Waals surface area contributed by atoms with Crippen molar-refractivity contribution in [2.45, 2.75) is 13.0 Å². The van der Waals surface area contributed by atoms with Crippen LogP contribution >= 0.6 is 0 Å². The molecule has 1 N–H and O–H groups in total. The van der Waals surface area contributed by atoms with Crippen LogP contribution in [0.4, 0.5) is 8.78 Å². The van der Waals surface area contributed by atoms with Crippen LogP contribution < -0.4 is 10.1 Å². The normalized spacial score (nSPS) is 10.9. The number of amides is 1.